The van der Waals surface area contributed by atoms with E-state index in [4.69, 9.17) is 11.6 Å². The van der Waals surface area contributed by atoms with Gasteiger partial charge in [-0.25, -0.2) is 0 Å². The maximum absolute atomic E-state index is 12.6. The van der Waals surface area contributed by atoms with Crippen molar-refractivity contribution in [1.29, 1.82) is 0 Å². The highest BCUT2D eigenvalue weighted by Crippen LogP contribution is 2.38. The molecule has 3 aromatic rings. The predicted octanol–water partition coefficient (Wildman–Crippen LogP) is 6.20. The van der Waals surface area contributed by atoms with Crippen LogP contribution in [-0.4, -0.2) is 21.1 Å². The van der Waals surface area contributed by atoms with Crippen LogP contribution in [0.1, 0.15) is 48.0 Å². The molecule has 0 fully saturated rings. The van der Waals surface area contributed by atoms with Crippen molar-refractivity contribution in [1.82, 2.24) is 20.1 Å². The molecule has 5 rings (SSSR count). The van der Waals surface area contributed by atoms with Crippen LogP contribution in [0.25, 0.3) is 11.3 Å². The van der Waals surface area contributed by atoms with Gasteiger partial charge in [-0.2, -0.15) is 0 Å². The van der Waals surface area contributed by atoms with Crippen LogP contribution >= 0.6 is 24.0 Å². The van der Waals surface area contributed by atoms with E-state index in [0.717, 1.165) is 53.3 Å². The summed E-state index contributed by atoms with van der Waals surface area (Å²) in [6.45, 7) is 1.31. The minimum atomic E-state index is -4.70. The fourth-order valence-electron chi connectivity index (χ4n) is 4.42. The molecular weight excluding hydrogens is 476 g/mol. The van der Waals surface area contributed by atoms with Gasteiger partial charge < -0.3 is 10.1 Å². The minimum absolute atomic E-state index is 0. The number of hydrogen-bond donors (Lipinski definition) is 1. The van der Waals surface area contributed by atoms with Gasteiger partial charge in [0, 0.05) is 17.5 Å². The van der Waals surface area contributed by atoms with Gasteiger partial charge in [0.25, 0.3) is 0 Å². The first kappa shape index (κ1) is 23.6. The lowest BCUT2D eigenvalue weighted by Crippen LogP contribution is -2.17. The number of fused-ring (bicyclic) bond motifs is 3. The average Bonchev–Trinajstić information content (AvgIpc) is 3.08. The molecule has 10 heteroatoms. The molecule has 0 amide bonds. The second kappa shape index (κ2) is 9.37. The van der Waals surface area contributed by atoms with E-state index in [-0.39, 0.29) is 24.1 Å². The zero-order chi connectivity index (χ0) is 22.3. The van der Waals surface area contributed by atoms with Crippen LogP contribution in [0, 0.1) is 0 Å². The number of halogens is 5. The number of benzene rings is 2. The van der Waals surface area contributed by atoms with Crippen molar-refractivity contribution in [2.75, 3.05) is 0 Å². The molecule has 0 spiro atoms. The van der Waals surface area contributed by atoms with Crippen molar-refractivity contribution in [3.8, 4) is 11.4 Å². The van der Waals surface area contributed by atoms with Crippen LogP contribution in [0.5, 0.6) is 5.75 Å². The number of rotatable bonds is 3. The van der Waals surface area contributed by atoms with E-state index in [2.05, 4.69) is 30.9 Å². The Labute approximate surface area is 200 Å². The summed E-state index contributed by atoms with van der Waals surface area (Å²) < 4.78 is 43.8. The van der Waals surface area contributed by atoms with Crippen molar-refractivity contribution >= 4 is 29.6 Å². The van der Waals surface area contributed by atoms with Crippen molar-refractivity contribution in [2.24, 2.45) is 0 Å². The van der Waals surface area contributed by atoms with Crippen LogP contribution in [0.3, 0.4) is 0 Å². The highest BCUT2D eigenvalue weighted by molar-refractivity contribution is 6.30. The van der Waals surface area contributed by atoms with Gasteiger partial charge in [-0.1, -0.05) is 29.8 Å². The van der Waals surface area contributed by atoms with Crippen LogP contribution in [-0.2, 0) is 13.1 Å². The Morgan fingerprint density at radius 3 is 2.70 bits per heavy atom. The molecule has 1 atom stereocenters. The molecular formula is C23H21Cl2F3N4O. The highest BCUT2D eigenvalue weighted by Gasteiger charge is 2.31. The Morgan fingerprint density at radius 2 is 1.94 bits per heavy atom. The topological polar surface area (TPSA) is 52.0 Å². The second-order valence-corrected chi connectivity index (χ2v) is 8.40. The third-order valence-electron chi connectivity index (χ3n) is 5.85. The minimum Gasteiger partial charge on any atom is -0.406 e. The summed E-state index contributed by atoms with van der Waals surface area (Å²) in [4.78, 5) is 0. The summed E-state index contributed by atoms with van der Waals surface area (Å²) in [5.41, 5.74) is 3.87. The standard InChI is InChI=1S/C23H20ClF3N4O.ClH/c24-18-8-9-20-17(10-18)12-28-13-21-29-30-22(31(20)21)15-6-4-14(5-7-15)16-2-1-3-19(11-16)32-23(25,26)27;/h1-4,8-11,15,28H,5-7,12-13H2;1H. The first-order valence-electron chi connectivity index (χ1n) is 10.4. The maximum atomic E-state index is 12.6. The molecule has 2 aromatic carbocycles. The first-order valence-corrected chi connectivity index (χ1v) is 10.7. The van der Waals surface area contributed by atoms with E-state index in [1.807, 2.05) is 24.3 Å². The SMILES string of the molecule is Cl.FC(F)(F)Oc1cccc(C2=CCC(c3nnc4n3-c3ccc(Cl)cc3CNC4)CC2)c1. The van der Waals surface area contributed by atoms with Crippen LogP contribution < -0.4 is 10.1 Å². The molecule has 2 heterocycles. The number of alkyl halides is 3. The molecule has 5 nitrogen and oxygen atoms in total. The van der Waals surface area contributed by atoms with Gasteiger partial charge in [0.2, 0.25) is 0 Å². The average molecular weight is 497 g/mol. The molecule has 33 heavy (non-hydrogen) atoms. The lowest BCUT2D eigenvalue weighted by molar-refractivity contribution is -0.274. The zero-order valence-corrected chi connectivity index (χ0v) is 19.0. The quantitative estimate of drug-likeness (QED) is 0.469. The molecule has 1 aromatic heterocycles. The first-order chi connectivity index (χ1) is 15.4. The van der Waals surface area contributed by atoms with E-state index in [1.54, 1.807) is 6.07 Å². The molecule has 174 valence electrons. The third kappa shape index (κ3) is 5.03. The number of aromatic nitrogens is 3. The molecule has 0 saturated carbocycles. The van der Waals surface area contributed by atoms with Crippen molar-refractivity contribution in [3.05, 3.63) is 76.3 Å². The van der Waals surface area contributed by atoms with Crippen LogP contribution in [0.4, 0.5) is 13.2 Å². The van der Waals surface area contributed by atoms with Crippen molar-refractivity contribution in [2.45, 2.75) is 44.6 Å². The highest BCUT2D eigenvalue weighted by atomic mass is 35.5. The summed E-state index contributed by atoms with van der Waals surface area (Å²) in [5.74, 6) is 1.71. The van der Waals surface area contributed by atoms with Gasteiger partial charge in [-0.3, -0.25) is 4.57 Å². The molecule has 0 radical (unpaired) electrons. The second-order valence-electron chi connectivity index (χ2n) is 7.96. The normalized spacial score (nSPS) is 17.8. The molecule has 1 aliphatic carbocycles. The number of nitrogens with zero attached hydrogens (tertiary/aromatic N) is 3. The van der Waals surface area contributed by atoms with Crippen molar-refractivity contribution < 1.29 is 17.9 Å². The molecule has 0 saturated heterocycles. The fraction of sp³-hybridized carbons (Fsp3) is 0.304. The molecule has 2 aliphatic rings. The third-order valence-corrected chi connectivity index (χ3v) is 6.09. The summed E-state index contributed by atoms with van der Waals surface area (Å²) in [6, 6.07) is 12.0. The largest absolute Gasteiger partial charge is 0.573 e. The van der Waals surface area contributed by atoms with Gasteiger partial charge in [0.15, 0.2) is 5.82 Å². The summed E-state index contributed by atoms with van der Waals surface area (Å²) >= 11 is 6.19. The lowest BCUT2D eigenvalue weighted by Gasteiger charge is -2.23. The molecule has 1 N–H and O–H groups in total. The number of allylic oxidation sites excluding steroid dienone is 2. The Bertz CT molecular complexity index is 1190. The van der Waals surface area contributed by atoms with E-state index >= 15 is 0 Å². The summed E-state index contributed by atoms with van der Waals surface area (Å²) in [5, 5.41) is 13.0. The maximum Gasteiger partial charge on any atom is 0.573 e. The van der Waals surface area contributed by atoms with E-state index in [9.17, 15) is 13.2 Å². The molecule has 0 bridgehead atoms. The monoisotopic (exact) mass is 496 g/mol. The van der Waals surface area contributed by atoms with Gasteiger partial charge in [0.1, 0.15) is 11.6 Å². The Morgan fingerprint density at radius 1 is 1.09 bits per heavy atom. The molecule has 1 unspecified atom stereocenters. The van der Waals surface area contributed by atoms with E-state index < -0.39 is 6.36 Å². The van der Waals surface area contributed by atoms with Crippen LogP contribution in [0.2, 0.25) is 5.02 Å². The van der Waals surface area contributed by atoms with Gasteiger partial charge >= 0.3 is 6.36 Å². The van der Waals surface area contributed by atoms with Gasteiger partial charge in [0.05, 0.1) is 12.2 Å². The Kier molecular flexibility index (Phi) is 6.70. The van der Waals surface area contributed by atoms with Gasteiger partial charge in [-0.15, -0.1) is 35.8 Å². The summed E-state index contributed by atoms with van der Waals surface area (Å²) in [7, 11) is 0. The number of nitrogens with one attached hydrogen (secondary N) is 1. The van der Waals surface area contributed by atoms with E-state index in [1.165, 1.54) is 12.1 Å². The predicted molar refractivity (Wildman–Crippen MR) is 122 cm³/mol. The van der Waals surface area contributed by atoms with Crippen LogP contribution in [0.15, 0.2) is 48.5 Å². The van der Waals surface area contributed by atoms with Gasteiger partial charge in [-0.05, 0) is 66.3 Å². The Balaban J connectivity index is 0.00000259. The number of hydrogen-bond acceptors (Lipinski definition) is 4. The zero-order valence-electron chi connectivity index (χ0n) is 17.4. The molecule has 1 aliphatic heterocycles. The Hall–Kier alpha value is -2.55. The summed E-state index contributed by atoms with van der Waals surface area (Å²) in [6.07, 6.45) is -0.335. The smallest absolute Gasteiger partial charge is 0.406 e. The lowest BCUT2D eigenvalue weighted by atomic mass is 9.86. The van der Waals surface area contributed by atoms with Crippen molar-refractivity contribution in [3.63, 3.8) is 0 Å². The fourth-order valence-corrected chi connectivity index (χ4v) is 4.61. The van der Waals surface area contributed by atoms with E-state index in [0.29, 0.717) is 18.1 Å². The number of ether oxygens (including phenoxy) is 1.